The maximum absolute atomic E-state index is 12.0. The van der Waals surface area contributed by atoms with E-state index in [0.29, 0.717) is 19.3 Å². The SMILES string of the molecule is CCCC(=O)N[C@H](CC)C(OC(C)=O)C(OC(C)=O)C(COC(C)=O)OC. The Kier molecular flexibility index (Phi) is 12.0. The summed E-state index contributed by atoms with van der Waals surface area (Å²) in [6, 6.07) is -0.618. The number of esters is 3. The van der Waals surface area contributed by atoms with E-state index in [1.165, 1.54) is 27.9 Å². The van der Waals surface area contributed by atoms with Crippen LogP contribution in [-0.2, 0) is 38.1 Å². The molecule has 0 aliphatic heterocycles. The quantitative estimate of drug-likeness (QED) is 0.390. The molecular weight excluding hydrogens is 358 g/mol. The first kappa shape index (κ1) is 24.8. The van der Waals surface area contributed by atoms with Crippen molar-refractivity contribution >= 4 is 23.8 Å². The van der Waals surface area contributed by atoms with Crippen molar-refractivity contribution in [1.29, 1.82) is 0 Å². The largest absolute Gasteiger partial charge is 0.463 e. The second-order valence-electron chi connectivity index (χ2n) is 6.06. The molecule has 0 fully saturated rings. The molecule has 156 valence electrons. The summed E-state index contributed by atoms with van der Waals surface area (Å²) in [5.41, 5.74) is 0. The van der Waals surface area contributed by atoms with Gasteiger partial charge in [0.05, 0.1) is 6.04 Å². The van der Waals surface area contributed by atoms with Gasteiger partial charge in [0.1, 0.15) is 12.7 Å². The molecule has 4 atom stereocenters. The minimum atomic E-state index is -1.08. The number of hydrogen-bond acceptors (Lipinski definition) is 8. The molecule has 9 nitrogen and oxygen atoms in total. The van der Waals surface area contributed by atoms with Crippen LogP contribution in [0.5, 0.6) is 0 Å². The van der Waals surface area contributed by atoms with Gasteiger partial charge in [-0.3, -0.25) is 19.2 Å². The number of ether oxygens (including phenoxy) is 4. The average Bonchev–Trinajstić information content (AvgIpc) is 2.56. The molecule has 0 aromatic carbocycles. The van der Waals surface area contributed by atoms with Gasteiger partial charge in [0, 0.05) is 34.3 Å². The molecule has 9 heteroatoms. The normalized spacial score (nSPS) is 15.0. The zero-order valence-corrected chi connectivity index (χ0v) is 16.9. The van der Waals surface area contributed by atoms with E-state index in [-0.39, 0.29) is 12.5 Å². The first-order valence-electron chi connectivity index (χ1n) is 8.96. The van der Waals surface area contributed by atoms with Gasteiger partial charge in [0.2, 0.25) is 5.91 Å². The van der Waals surface area contributed by atoms with Gasteiger partial charge >= 0.3 is 17.9 Å². The topological polar surface area (TPSA) is 117 Å². The van der Waals surface area contributed by atoms with Crippen molar-refractivity contribution in [1.82, 2.24) is 5.32 Å². The maximum atomic E-state index is 12.0. The summed E-state index contributed by atoms with van der Waals surface area (Å²) in [7, 11) is 1.35. The molecule has 0 aromatic rings. The second-order valence-corrected chi connectivity index (χ2v) is 6.06. The Morgan fingerprint density at radius 1 is 0.889 bits per heavy atom. The van der Waals surface area contributed by atoms with Gasteiger partial charge in [-0.05, 0) is 12.8 Å². The van der Waals surface area contributed by atoms with E-state index in [1.54, 1.807) is 6.92 Å². The zero-order valence-electron chi connectivity index (χ0n) is 16.9. The van der Waals surface area contributed by atoms with Crippen molar-refractivity contribution in [3.05, 3.63) is 0 Å². The molecule has 0 rings (SSSR count). The van der Waals surface area contributed by atoms with Crippen LogP contribution in [-0.4, -0.2) is 61.9 Å². The molecule has 1 N–H and O–H groups in total. The minimum absolute atomic E-state index is 0.207. The van der Waals surface area contributed by atoms with Gasteiger partial charge < -0.3 is 24.3 Å². The van der Waals surface area contributed by atoms with E-state index in [0.717, 1.165) is 0 Å². The van der Waals surface area contributed by atoms with E-state index in [9.17, 15) is 19.2 Å². The summed E-state index contributed by atoms with van der Waals surface area (Å²) in [6.45, 7) is 7.11. The van der Waals surface area contributed by atoms with Crippen molar-refractivity contribution in [3.8, 4) is 0 Å². The highest BCUT2D eigenvalue weighted by molar-refractivity contribution is 5.76. The Morgan fingerprint density at radius 3 is 1.85 bits per heavy atom. The van der Waals surface area contributed by atoms with Crippen molar-refractivity contribution in [3.63, 3.8) is 0 Å². The molecule has 0 saturated carbocycles. The van der Waals surface area contributed by atoms with Gasteiger partial charge in [-0.2, -0.15) is 0 Å². The third kappa shape index (κ3) is 9.93. The predicted octanol–water partition coefficient (Wildman–Crippen LogP) is 1.12. The molecule has 0 spiro atoms. The van der Waals surface area contributed by atoms with Crippen LogP contribution in [0.2, 0.25) is 0 Å². The molecule has 0 aliphatic carbocycles. The van der Waals surface area contributed by atoms with Crippen molar-refractivity contribution in [2.24, 2.45) is 0 Å². The van der Waals surface area contributed by atoms with Gasteiger partial charge in [-0.25, -0.2) is 0 Å². The lowest BCUT2D eigenvalue weighted by molar-refractivity contribution is -0.185. The highest BCUT2D eigenvalue weighted by Gasteiger charge is 2.40. The second kappa shape index (κ2) is 13.1. The predicted molar refractivity (Wildman–Crippen MR) is 95.7 cm³/mol. The highest BCUT2D eigenvalue weighted by atomic mass is 16.6. The van der Waals surface area contributed by atoms with Crippen LogP contribution in [0.1, 0.15) is 53.9 Å². The standard InChI is InChI=1S/C18H31NO8/c1-7-9-16(23)19-14(8-2)17(26-12(4)21)18(27-13(5)22)15(24-6)10-25-11(3)20/h14-15,17-18H,7-10H2,1-6H3,(H,19,23)/t14-,15?,17?,18?/m1/s1. The monoisotopic (exact) mass is 389 g/mol. The van der Waals surface area contributed by atoms with Crippen LogP contribution in [0.15, 0.2) is 0 Å². The van der Waals surface area contributed by atoms with Crippen LogP contribution >= 0.6 is 0 Å². The van der Waals surface area contributed by atoms with E-state index in [4.69, 9.17) is 18.9 Å². The summed E-state index contributed by atoms with van der Waals surface area (Å²) < 4.78 is 21.0. The Bertz CT molecular complexity index is 508. The van der Waals surface area contributed by atoms with Gasteiger partial charge in [0.15, 0.2) is 12.2 Å². The number of hydrogen-bond donors (Lipinski definition) is 1. The number of methoxy groups -OCH3 is 1. The summed E-state index contributed by atoms with van der Waals surface area (Å²) in [6.07, 6.45) is -1.61. The smallest absolute Gasteiger partial charge is 0.303 e. The molecule has 0 aliphatic rings. The summed E-state index contributed by atoms with van der Waals surface area (Å²) in [5.74, 6) is -1.98. The number of amides is 1. The molecular formula is C18H31NO8. The third-order valence-corrected chi connectivity index (χ3v) is 3.71. The summed E-state index contributed by atoms with van der Waals surface area (Å²) in [4.78, 5) is 46.5. The van der Waals surface area contributed by atoms with Crippen LogP contribution in [0.4, 0.5) is 0 Å². The molecule has 0 bridgehead atoms. The number of nitrogens with one attached hydrogen (secondary N) is 1. The van der Waals surface area contributed by atoms with Crippen LogP contribution in [0, 0.1) is 0 Å². The molecule has 3 unspecified atom stereocenters. The lowest BCUT2D eigenvalue weighted by atomic mass is 9.98. The first-order valence-corrected chi connectivity index (χ1v) is 8.96. The molecule has 0 saturated heterocycles. The third-order valence-electron chi connectivity index (χ3n) is 3.71. The van der Waals surface area contributed by atoms with Gasteiger partial charge in [0.25, 0.3) is 0 Å². The summed E-state index contributed by atoms with van der Waals surface area (Å²) >= 11 is 0. The molecule has 0 radical (unpaired) electrons. The van der Waals surface area contributed by atoms with Gasteiger partial charge in [-0.1, -0.05) is 13.8 Å². The minimum Gasteiger partial charge on any atom is -0.463 e. The summed E-state index contributed by atoms with van der Waals surface area (Å²) in [5, 5.41) is 2.80. The Hall–Kier alpha value is -2.16. The number of carbonyl (C=O) groups excluding carboxylic acids is 4. The van der Waals surface area contributed by atoms with Crippen molar-refractivity contribution in [2.45, 2.75) is 78.2 Å². The van der Waals surface area contributed by atoms with Crippen molar-refractivity contribution < 1.29 is 38.1 Å². The number of rotatable bonds is 12. The molecule has 1 amide bonds. The maximum Gasteiger partial charge on any atom is 0.303 e. The fourth-order valence-corrected chi connectivity index (χ4v) is 2.53. The van der Waals surface area contributed by atoms with Crippen LogP contribution in [0.3, 0.4) is 0 Å². The van der Waals surface area contributed by atoms with Crippen LogP contribution < -0.4 is 5.32 Å². The fraction of sp³-hybridized carbons (Fsp3) is 0.778. The Morgan fingerprint density at radius 2 is 1.44 bits per heavy atom. The Balaban J connectivity index is 5.73. The average molecular weight is 389 g/mol. The van der Waals surface area contributed by atoms with Crippen LogP contribution in [0.25, 0.3) is 0 Å². The lowest BCUT2D eigenvalue weighted by Gasteiger charge is -2.35. The fourth-order valence-electron chi connectivity index (χ4n) is 2.53. The molecule has 27 heavy (non-hydrogen) atoms. The van der Waals surface area contributed by atoms with Crippen molar-refractivity contribution in [2.75, 3.05) is 13.7 Å². The van der Waals surface area contributed by atoms with E-state index in [1.807, 2.05) is 6.92 Å². The molecule has 0 heterocycles. The van der Waals surface area contributed by atoms with Gasteiger partial charge in [-0.15, -0.1) is 0 Å². The molecule has 0 aromatic heterocycles. The lowest BCUT2D eigenvalue weighted by Crippen LogP contribution is -2.56. The first-order chi connectivity index (χ1) is 12.7. The zero-order chi connectivity index (χ0) is 21.0. The number of carbonyl (C=O) groups is 4. The Labute approximate surface area is 160 Å². The van der Waals surface area contributed by atoms with E-state index < -0.39 is 42.3 Å². The van der Waals surface area contributed by atoms with E-state index in [2.05, 4.69) is 5.32 Å². The highest BCUT2D eigenvalue weighted by Crippen LogP contribution is 2.19. The van der Waals surface area contributed by atoms with E-state index >= 15 is 0 Å².